The van der Waals surface area contributed by atoms with Crippen LogP contribution in [0.5, 0.6) is 0 Å². The van der Waals surface area contributed by atoms with Gasteiger partial charge >= 0.3 is 0 Å². The highest BCUT2D eigenvalue weighted by Gasteiger charge is 2.43. The van der Waals surface area contributed by atoms with Gasteiger partial charge in [-0.15, -0.1) is 0 Å². The molecule has 2 atom stereocenters. The Hall–Kier alpha value is -3.04. The number of H-pyrrole nitrogens is 1. The van der Waals surface area contributed by atoms with Crippen molar-refractivity contribution in [2.75, 3.05) is 12.4 Å². The van der Waals surface area contributed by atoms with Crippen molar-refractivity contribution in [3.8, 4) is 11.1 Å². The number of fused-ring (bicyclic) bond motifs is 2. The Bertz CT molecular complexity index is 1300. The number of alkyl halides is 1. The van der Waals surface area contributed by atoms with Crippen LogP contribution in [0.4, 0.5) is 14.6 Å². The smallest absolute Gasteiger partial charge is 0.231 e. The summed E-state index contributed by atoms with van der Waals surface area (Å²) in [5, 5.41) is 10.1. The summed E-state index contributed by atoms with van der Waals surface area (Å²) in [7, 11) is 1.48. The minimum absolute atomic E-state index is 0.0355. The normalized spacial score (nSPS) is 18.3. The van der Waals surface area contributed by atoms with Gasteiger partial charge in [-0.05, 0) is 18.6 Å². The van der Waals surface area contributed by atoms with Crippen molar-refractivity contribution in [3.05, 3.63) is 47.1 Å². The van der Waals surface area contributed by atoms with Crippen molar-refractivity contribution in [2.24, 2.45) is 5.92 Å². The predicted octanol–water partition coefficient (Wildman–Crippen LogP) is 4.11. The number of pyridine rings is 1. The Morgan fingerprint density at radius 2 is 2.23 bits per heavy atom. The van der Waals surface area contributed by atoms with Gasteiger partial charge in [0.2, 0.25) is 5.91 Å². The SMILES string of the molecule is COCc1c(F)c(Cl)c(-c2ccc3nc(NC(=O)[C@@H]4C[C@@H]4F)cn3c2)c2cn[nH]c12. The summed E-state index contributed by atoms with van der Waals surface area (Å²) in [4.78, 5) is 16.3. The molecule has 1 fully saturated rings. The molecule has 0 spiro atoms. The van der Waals surface area contributed by atoms with E-state index in [1.807, 2.05) is 0 Å². The molecular formula is C20H16ClF2N5O2. The summed E-state index contributed by atoms with van der Waals surface area (Å²) >= 11 is 6.40. The van der Waals surface area contributed by atoms with E-state index in [9.17, 15) is 13.6 Å². The molecular weight excluding hydrogens is 416 g/mol. The van der Waals surface area contributed by atoms with Crippen LogP contribution >= 0.6 is 11.6 Å². The third-order valence-corrected chi connectivity index (χ3v) is 5.57. The number of amides is 1. The van der Waals surface area contributed by atoms with Gasteiger partial charge in [0, 0.05) is 35.4 Å². The van der Waals surface area contributed by atoms with E-state index in [1.54, 1.807) is 35.1 Å². The molecule has 1 amide bonds. The van der Waals surface area contributed by atoms with E-state index in [0.717, 1.165) is 0 Å². The Morgan fingerprint density at radius 1 is 1.43 bits per heavy atom. The number of hydrogen-bond donors (Lipinski definition) is 2. The molecule has 0 radical (unpaired) electrons. The van der Waals surface area contributed by atoms with Gasteiger partial charge in [0.05, 0.1) is 35.5 Å². The molecule has 0 unspecified atom stereocenters. The lowest BCUT2D eigenvalue weighted by atomic mass is 10.00. The molecule has 1 saturated carbocycles. The molecule has 3 aromatic heterocycles. The van der Waals surface area contributed by atoms with Crippen LogP contribution in [0.3, 0.4) is 0 Å². The summed E-state index contributed by atoms with van der Waals surface area (Å²) in [5.41, 5.74) is 2.51. The number of aromatic amines is 1. The predicted molar refractivity (Wildman–Crippen MR) is 108 cm³/mol. The topological polar surface area (TPSA) is 84.3 Å². The lowest BCUT2D eigenvalue weighted by molar-refractivity contribution is -0.117. The number of hydrogen-bond acceptors (Lipinski definition) is 4. The number of rotatable bonds is 5. The Balaban J connectivity index is 1.57. The Morgan fingerprint density at radius 3 is 2.97 bits per heavy atom. The molecule has 1 aromatic carbocycles. The zero-order valence-corrected chi connectivity index (χ0v) is 16.5. The first kappa shape index (κ1) is 19.0. The highest BCUT2D eigenvalue weighted by atomic mass is 35.5. The minimum Gasteiger partial charge on any atom is -0.380 e. The number of imidazole rings is 1. The van der Waals surface area contributed by atoms with Crippen molar-refractivity contribution in [1.29, 1.82) is 0 Å². The molecule has 30 heavy (non-hydrogen) atoms. The van der Waals surface area contributed by atoms with Gasteiger partial charge < -0.3 is 14.5 Å². The quantitative estimate of drug-likeness (QED) is 0.498. The number of benzene rings is 1. The van der Waals surface area contributed by atoms with Gasteiger partial charge in [0.25, 0.3) is 0 Å². The maximum Gasteiger partial charge on any atom is 0.231 e. The van der Waals surface area contributed by atoms with Crippen LogP contribution < -0.4 is 5.32 Å². The lowest BCUT2D eigenvalue weighted by Crippen LogP contribution is -2.15. The van der Waals surface area contributed by atoms with E-state index in [0.29, 0.717) is 39.1 Å². The van der Waals surface area contributed by atoms with Crippen LogP contribution in [0.1, 0.15) is 12.0 Å². The first-order chi connectivity index (χ1) is 14.5. The fourth-order valence-corrected chi connectivity index (χ4v) is 3.92. The van der Waals surface area contributed by atoms with Crippen molar-refractivity contribution < 1.29 is 18.3 Å². The minimum atomic E-state index is -1.08. The van der Waals surface area contributed by atoms with Crippen LogP contribution in [0.2, 0.25) is 5.02 Å². The number of nitrogens with zero attached hydrogens (tertiary/aromatic N) is 3. The van der Waals surface area contributed by atoms with E-state index < -0.39 is 17.9 Å². The Labute approximate surface area is 174 Å². The summed E-state index contributed by atoms with van der Waals surface area (Å²) in [6, 6.07) is 3.48. The van der Waals surface area contributed by atoms with Crippen molar-refractivity contribution in [2.45, 2.75) is 19.2 Å². The number of ether oxygens (including phenoxy) is 1. The highest BCUT2D eigenvalue weighted by Crippen LogP contribution is 2.39. The van der Waals surface area contributed by atoms with Crippen LogP contribution in [0.15, 0.2) is 30.7 Å². The molecule has 1 aliphatic rings. The lowest BCUT2D eigenvalue weighted by Gasteiger charge is -2.12. The highest BCUT2D eigenvalue weighted by molar-refractivity contribution is 6.35. The van der Waals surface area contributed by atoms with Crippen LogP contribution in [-0.2, 0) is 16.1 Å². The molecule has 154 valence electrons. The molecule has 0 bridgehead atoms. The molecule has 10 heteroatoms. The summed E-state index contributed by atoms with van der Waals surface area (Å²) in [5.74, 6) is -1.25. The van der Waals surface area contributed by atoms with Gasteiger partial charge in [-0.3, -0.25) is 9.89 Å². The number of carbonyl (C=O) groups excluding carboxylic acids is 1. The first-order valence-electron chi connectivity index (χ1n) is 9.24. The molecule has 0 aliphatic heterocycles. The molecule has 2 N–H and O–H groups in total. The van der Waals surface area contributed by atoms with E-state index in [2.05, 4.69) is 20.5 Å². The summed E-state index contributed by atoms with van der Waals surface area (Å²) in [6.07, 6.45) is 4.09. The maximum atomic E-state index is 15.0. The number of nitrogens with one attached hydrogen (secondary N) is 2. The van der Waals surface area contributed by atoms with Gasteiger partial charge in [-0.2, -0.15) is 5.10 Å². The van der Waals surface area contributed by atoms with Crippen LogP contribution in [-0.4, -0.2) is 38.8 Å². The summed E-state index contributed by atoms with van der Waals surface area (Å²) < 4.78 is 34.8. The zero-order chi connectivity index (χ0) is 21.0. The fraction of sp³-hybridized carbons (Fsp3) is 0.250. The standard InChI is InChI=1S/C20H16ClF2N5O2/c1-30-8-12-18(23)17(21)16(11-5-24-27-19(11)12)9-2-3-15-25-14(7-28(15)6-9)26-20(29)10-4-13(10)22/h2-3,5-7,10,13H,4,8H2,1H3,(H,24,27)(H,26,29)/t10-,13+/m1/s1. The first-order valence-corrected chi connectivity index (χ1v) is 9.61. The number of methoxy groups -OCH3 is 1. The molecule has 5 rings (SSSR count). The number of anilines is 1. The molecule has 4 aromatic rings. The third kappa shape index (κ3) is 3.01. The van der Waals surface area contributed by atoms with E-state index in [4.69, 9.17) is 16.3 Å². The molecule has 1 aliphatic carbocycles. The van der Waals surface area contributed by atoms with Gasteiger partial charge in [-0.25, -0.2) is 13.8 Å². The monoisotopic (exact) mass is 431 g/mol. The van der Waals surface area contributed by atoms with Gasteiger partial charge in [-0.1, -0.05) is 11.6 Å². The van der Waals surface area contributed by atoms with Crippen molar-refractivity contribution in [1.82, 2.24) is 19.6 Å². The van der Waals surface area contributed by atoms with Crippen LogP contribution in [0, 0.1) is 11.7 Å². The average molecular weight is 432 g/mol. The largest absolute Gasteiger partial charge is 0.380 e. The van der Waals surface area contributed by atoms with Gasteiger partial charge in [0.1, 0.15) is 17.6 Å². The second kappa shape index (κ2) is 7.03. The number of carbonyl (C=O) groups is 1. The number of halogens is 3. The van der Waals surface area contributed by atoms with E-state index in [1.165, 1.54) is 7.11 Å². The van der Waals surface area contributed by atoms with Crippen LogP contribution in [0.25, 0.3) is 27.7 Å². The average Bonchev–Trinajstić information content (AvgIpc) is 3.11. The van der Waals surface area contributed by atoms with Crippen molar-refractivity contribution in [3.63, 3.8) is 0 Å². The van der Waals surface area contributed by atoms with Gasteiger partial charge in [0.15, 0.2) is 5.82 Å². The fourth-order valence-electron chi connectivity index (χ4n) is 3.59. The van der Waals surface area contributed by atoms with E-state index >= 15 is 0 Å². The third-order valence-electron chi connectivity index (χ3n) is 5.22. The Kier molecular flexibility index (Phi) is 4.44. The summed E-state index contributed by atoms with van der Waals surface area (Å²) in [6.45, 7) is 0.0505. The van der Waals surface area contributed by atoms with E-state index in [-0.39, 0.29) is 24.0 Å². The van der Waals surface area contributed by atoms with Crippen molar-refractivity contribution >= 4 is 39.9 Å². The zero-order valence-electron chi connectivity index (χ0n) is 15.7. The second-order valence-corrected chi connectivity index (χ2v) is 7.61. The molecule has 7 nitrogen and oxygen atoms in total. The maximum absolute atomic E-state index is 15.0. The molecule has 3 heterocycles. The number of aromatic nitrogens is 4. The second-order valence-electron chi connectivity index (χ2n) is 7.23. The molecule has 0 saturated heterocycles.